The van der Waals surface area contributed by atoms with Gasteiger partial charge in [0.05, 0.1) is 18.3 Å². The summed E-state index contributed by atoms with van der Waals surface area (Å²) in [6, 6.07) is 21.5. The highest BCUT2D eigenvalue weighted by atomic mass is 19.1. The van der Waals surface area contributed by atoms with E-state index in [0.29, 0.717) is 5.56 Å². The third-order valence-corrected chi connectivity index (χ3v) is 5.55. The summed E-state index contributed by atoms with van der Waals surface area (Å²) in [7, 11) is 0. The lowest BCUT2D eigenvalue weighted by molar-refractivity contribution is 0.0713. The van der Waals surface area contributed by atoms with Gasteiger partial charge >= 0.3 is 0 Å². The summed E-state index contributed by atoms with van der Waals surface area (Å²) in [6.07, 6.45) is 0. The third kappa shape index (κ3) is 2.74. The number of rotatable bonds is 4. The van der Waals surface area contributed by atoms with Crippen LogP contribution in [0.2, 0.25) is 0 Å². The maximum atomic E-state index is 13.5. The Balaban J connectivity index is 1.80. The van der Waals surface area contributed by atoms with Gasteiger partial charge in [0, 0.05) is 28.6 Å². The molecule has 29 heavy (non-hydrogen) atoms. The second-order valence-corrected chi connectivity index (χ2v) is 7.18. The van der Waals surface area contributed by atoms with Crippen LogP contribution in [0, 0.1) is 5.82 Å². The minimum absolute atomic E-state index is 0.0880. The molecule has 1 atom stereocenters. The molecule has 1 unspecified atom stereocenters. The fraction of sp³-hybridized carbons (Fsp3) is 0.125. The lowest BCUT2D eigenvalue weighted by Crippen LogP contribution is -2.31. The first-order chi connectivity index (χ1) is 14.2. The zero-order valence-corrected chi connectivity index (χ0v) is 15.6. The number of aliphatic hydroxyl groups excluding tert-OH is 1. The molecule has 0 radical (unpaired) electrons. The van der Waals surface area contributed by atoms with Crippen molar-refractivity contribution in [1.29, 1.82) is 0 Å². The SMILES string of the molecule is O=C1c2ccccc2C(c2c(-c3ccc(F)cc3)[nH]c3ccccc23)N1CCO. The number of β-amino-alcohol motifs (C(OH)–C–C–N with tert-alkyl or cyclic N) is 1. The average Bonchev–Trinajstić information content (AvgIpc) is 3.25. The van der Waals surface area contributed by atoms with Gasteiger partial charge in [-0.2, -0.15) is 0 Å². The molecule has 144 valence electrons. The number of H-pyrrole nitrogens is 1. The number of nitrogens with one attached hydrogen (secondary N) is 1. The Hall–Kier alpha value is -3.44. The number of halogens is 1. The molecule has 3 aromatic carbocycles. The Morgan fingerprint density at radius 1 is 0.966 bits per heavy atom. The van der Waals surface area contributed by atoms with E-state index in [1.54, 1.807) is 17.0 Å². The summed E-state index contributed by atoms with van der Waals surface area (Å²) in [4.78, 5) is 18.3. The number of aromatic nitrogens is 1. The van der Waals surface area contributed by atoms with E-state index in [0.717, 1.165) is 33.3 Å². The summed E-state index contributed by atoms with van der Waals surface area (Å²) in [5.41, 5.74) is 5.17. The standard InChI is InChI=1S/C24H19FN2O2/c25-16-11-9-15(10-12-16)22-21(19-7-3-4-8-20(19)26-22)23-17-5-1-2-6-18(17)24(29)27(23)13-14-28/h1-12,23,26,28H,13-14H2. The molecule has 0 spiro atoms. The maximum absolute atomic E-state index is 13.5. The van der Waals surface area contributed by atoms with Crippen molar-refractivity contribution in [2.24, 2.45) is 0 Å². The predicted molar refractivity (Wildman–Crippen MR) is 110 cm³/mol. The molecule has 2 heterocycles. The van der Waals surface area contributed by atoms with E-state index in [9.17, 15) is 14.3 Å². The topological polar surface area (TPSA) is 56.3 Å². The van der Waals surface area contributed by atoms with Crippen molar-refractivity contribution in [3.05, 3.63) is 95.3 Å². The Kier molecular flexibility index (Phi) is 4.18. The third-order valence-electron chi connectivity index (χ3n) is 5.55. The summed E-state index contributed by atoms with van der Waals surface area (Å²) >= 11 is 0. The maximum Gasteiger partial charge on any atom is 0.255 e. The number of para-hydroxylation sites is 1. The van der Waals surface area contributed by atoms with Gasteiger partial charge in [-0.1, -0.05) is 36.4 Å². The first-order valence-corrected chi connectivity index (χ1v) is 9.56. The minimum Gasteiger partial charge on any atom is -0.395 e. The molecule has 0 fully saturated rings. The average molecular weight is 386 g/mol. The highest BCUT2D eigenvalue weighted by Crippen LogP contribution is 2.45. The van der Waals surface area contributed by atoms with Crippen LogP contribution in [0.5, 0.6) is 0 Å². The van der Waals surface area contributed by atoms with Gasteiger partial charge in [-0.05, 0) is 47.5 Å². The van der Waals surface area contributed by atoms with Gasteiger partial charge in [-0.25, -0.2) is 4.39 Å². The molecule has 0 saturated carbocycles. The number of amides is 1. The van der Waals surface area contributed by atoms with Crippen molar-refractivity contribution in [1.82, 2.24) is 9.88 Å². The number of hydrogen-bond acceptors (Lipinski definition) is 2. The van der Waals surface area contributed by atoms with Crippen LogP contribution >= 0.6 is 0 Å². The molecule has 0 aliphatic carbocycles. The zero-order valence-electron chi connectivity index (χ0n) is 15.6. The largest absolute Gasteiger partial charge is 0.395 e. The lowest BCUT2D eigenvalue weighted by atomic mass is 9.93. The van der Waals surface area contributed by atoms with Crippen molar-refractivity contribution in [2.75, 3.05) is 13.2 Å². The van der Waals surface area contributed by atoms with Crippen molar-refractivity contribution in [2.45, 2.75) is 6.04 Å². The quantitative estimate of drug-likeness (QED) is 0.542. The molecular weight excluding hydrogens is 367 g/mol. The molecule has 4 aromatic rings. The minimum atomic E-state index is -0.331. The monoisotopic (exact) mass is 386 g/mol. The second-order valence-electron chi connectivity index (χ2n) is 7.18. The van der Waals surface area contributed by atoms with Crippen LogP contribution in [0.15, 0.2) is 72.8 Å². The van der Waals surface area contributed by atoms with Gasteiger partial charge in [-0.3, -0.25) is 4.79 Å². The van der Waals surface area contributed by atoms with Gasteiger partial charge < -0.3 is 15.0 Å². The number of nitrogens with zero attached hydrogens (tertiary/aromatic N) is 1. The zero-order chi connectivity index (χ0) is 20.0. The molecule has 1 amide bonds. The van der Waals surface area contributed by atoms with Crippen molar-refractivity contribution in [3.8, 4) is 11.3 Å². The number of benzene rings is 3. The number of carbonyl (C=O) groups is 1. The highest BCUT2D eigenvalue weighted by molar-refractivity contribution is 6.02. The van der Waals surface area contributed by atoms with Crippen molar-refractivity contribution in [3.63, 3.8) is 0 Å². The van der Waals surface area contributed by atoms with E-state index in [1.165, 1.54) is 12.1 Å². The predicted octanol–water partition coefficient (Wildman–Crippen LogP) is 4.51. The molecule has 5 rings (SSSR count). The first-order valence-electron chi connectivity index (χ1n) is 9.56. The number of fused-ring (bicyclic) bond motifs is 2. The Labute approximate surface area is 167 Å². The van der Waals surface area contributed by atoms with Crippen LogP contribution in [-0.4, -0.2) is 34.0 Å². The van der Waals surface area contributed by atoms with Gasteiger partial charge in [-0.15, -0.1) is 0 Å². The summed E-state index contributed by atoms with van der Waals surface area (Å²) in [5.74, 6) is -0.385. The van der Waals surface area contributed by atoms with Crippen LogP contribution in [0.25, 0.3) is 22.2 Å². The van der Waals surface area contributed by atoms with Gasteiger partial charge in [0.2, 0.25) is 0 Å². The lowest BCUT2D eigenvalue weighted by Gasteiger charge is -2.26. The molecule has 5 heteroatoms. The van der Waals surface area contributed by atoms with Crippen LogP contribution in [0.4, 0.5) is 4.39 Å². The smallest absolute Gasteiger partial charge is 0.255 e. The van der Waals surface area contributed by atoms with Gasteiger partial charge in [0.1, 0.15) is 5.82 Å². The van der Waals surface area contributed by atoms with E-state index in [2.05, 4.69) is 4.98 Å². The van der Waals surface area contributed by atoms with E-state index in [1.807, 2.05) is 48.5 Å². The Morgan fingerprint density at radius 3 is 2.48 bits per heavy atom. The molecular formula is C24H19FN2O2. The van der Waals surface area contributed by atoms with Crippen molar-refractivity contribution >= 4 is 16.8 Å². The fourth-order valence-corrected chi connectivity index (χ4v) is 4.31. The van der Waals surface area contributed by atoms with E-state index < -0.39 is 0 Å². The summed E-state index contributed by atoms with van der Waals surface area (Å²) < 4.78 is 13.5. The summed E-state index contributed by atoms with van der Waals surface area (Å²) in [6.45, 7) is 0.116. The van der Waals surface area contributed by atoms with Crippen LogP contribution < -0.4 is 0 Å². The fourth-order valence-electron chi connectivity index (χ4n) is 4.31. The molecule has 0 bridgehead atoms. The molecule has 1 aliphatic rings. The van der Waals surface area contributed by atoms with E-state index in [4.69, 9.17) is 0 Å². The van der Waals surface area contributed by atoms with Gasteiger partial charge in [0.25, 0.3) is 5.91 Å². The normalized spacial score (nSPS) is 15.9. The second kappa shape index (κ2) is 6.87. The molecule has 4 nitrogen and oxygen atoms in total. The van der Waals surface area contributed by atoms with Gasteiger partial charge in [0.15, 0.2) is 0 Å². The van der Waals surface area contributed by atoms with Crippen LogP contribution in [0.3, 0.4) is 0 Å². The molecule has 1 aliphatic heterocycles. The number of carbonyl (C=O) groups excluding carboxylic acids is 1. The molecule has 2 N–H and O–H groups in total. The summed E-state index contributed by atoms with van der Waals surface area (Å²) in [5, 5.41) is 10.6. The number of hydrogen-bond donors (Lipinski definition) is 2. The van der Waals surface area contributed by atoms with Crippen LogP contribution in [0.1, 0.15) is 27.5 Å². The highest BCUT2D eigenvalue weighted by Gasteiger charge is 2.39. The Morgan fingerprint density at radius 2 is 1.69 bits per heavy atom. The molecule has 0 saturated heterocycles. The molecule has 1 aromatic heterocycles. The van der Waals surface area contributed by atoms with Crippen LogP contribution in [-0.2, 0) is 0 Å². The van der Waals surface area contributed by atoms with E-state index >= 15 is 0 Å². The first kappa shape index (κ1) is 17.6. The van der Waals surface area contributed by atoms with Crippen molar-refractivity contribution < 1.29 is 14.3 Å². The number of aromatic amines is 1. The Bertz CT molecular complexity index is 1210. The van der Waals surface area contributed by atoms with E-state index in [-0.39, 0.29) is 30.9 Å². The number of aliphatic hydroxyl groups is 1.